The zero-order chi connectivity index (χ0) is 19.5. The summed E-state index contributed by atoms with van der Waals surface area (Å²) in [6.07, 6.45) is 1.42. The lowest BCUT2D eigenvalue weighted by Crippen LogP contribution is -2.47. The number of sulfonamides is 1. The topological polar surface area (TPSA) is 66.5 Å². The molecule has 0 aliphatic heterocycles. The normalized spacial score (nSPS) is 12.5. The maximum Gasteiger partial charge on any atom is 0.248 e. The van der Waals surface area contributed by atoms with Gasteiger partial charge in [0.2, 0.25) is 15.9 Å². The molecule has 1 amide bonds. The summed E-state index contributed by atoms with van der Waals surface area (Å²) in [6, 6.07) is 11.1. The van der Waals surface area contributed by atoms with E-state index in [1.165, 1.54) is 0 Å². The van der Waals surface area contributed by atoms with E-state index in [0.29, 0.717) is 22.8 Å². The van der Waals surface area contributed by atoms with Crippen LogP contribution in [0.25, 0.3) is 0 Å². The van der Waals surface area contributed by atoms with Crippen molar-refractivity contribution in [1.29, 1.82) is 0 Å². The van der Waals surface area contributed by atoms with Crippen molar-refractivity contribution < 1.29 is 13.2 Å². The number of rotatable bonds is 6. The lowest BCUT2D eigenvalue weighted by Gasteiger charge is -2.30. The number of nitrogens with zero attached hydrogens (tertiary/aromatic N) is 1. The second kappa shape index (κ2) is 8.10. The molecule has 0 heterocycles. The van der Waals surface area contributed by atoms with E-state index >= 15 is 0 Å². The average Bonchev–Trinajstić information content (AvgIpc) is 2.56. The minimum atomic E-state index is -3.66. The Balaban J connectivity index is 2.36. The van der Waals surface area contributed by atoms with Crippen molar-refractivity contribution in [2.24, 2.45) is 0 Å². The van der Waals surface area contributed by atoms with E-state index in [2.05, 4.69) is 5.32 Å². The van der Waals surface area contributed by atoms with Crippen LogP contribution in [0.2, 0.25) is 5.02 Å². The first-order valence-corrected chi connectivity index (χ1v) is 10.5. The van der Waals surface area contributed by atoms with Crippen molar-refractivity contribution in [3.05, 3.63) is 58.6 Å². The van der Waals surface area contributed by atoms with Crippen molar-refractivity contribution in [2.75, 3.05) is 15.9 Å². The van der Waals surface area contributed by atoms with Crippen molar-refractivity contribution in [3.8, 4) is 0 Å². The van der Waals surface area contributed by atoms with Gasteiger partial charge in [-0.25, -0.2) is 8.42 Å². The highest BCUT2D eigenvalue weighted by Crippen LogP contribution is 2.25. The van der Waals surface area contributed by atoms with Gasteiger partial charge in [0.05, 0.1) is 11.9 Å². The monoisotopic (exact) mass is 394 g/mol. The molecule has 0 unspecified atom stereocenters. The number of amides is 1. The van der Waals surface area contributed by atoms with Crippen LogP contribution in [-0.4, -0.2) is 26.6 Å². The summed E-state index contributed by atoms with van der Waals surface area (Å²) in [5.74, 6) is -0.379. The van der Waals surface area contributed by atoms with Crippen molar-refractivity contribution in [3.63, 3.8) is 0 Å². The van der Waals surface area contributed by atoms with Gasteiger partial charge in [-0.3, -0.25) is 9.10 Å². The van der Waals surface area contributed by atoms with Crippen LogP contribution in [0.5, 0.6) is 0 Å². The van der Waals surface area contributed by atoms with Gasteiger partial charge < -0.3 is 5.32 Å². The van der Waals surface area contributed by atoms with Gasteiger partial charge in [0.25, 0.3) is 0 Å². The van der Waals surface area contributed by atoms with Gasteiger partial charge in [0.15, 0.2) is 0 Å². The zero-order valence-corrected chi connectivity index (χ0v) is 16.9. The van der Waals surface area contributed by atoms with Gasteiger partial charge in [-0.1, -0.05) is 24.6 Å². The molecule has 1 atom stereocenters. The Hall–Kier alpha value is -2.05. The second-order valence-electron chi connectivity index (χ2n) is 6.25. The fraction of sp³-hybridized carbons (Fsp3) is 0.316. The molecule has 0 aromatic heterocycles. The van der Waals surface area contributed by atoms with Crippen LogP contribution in [0, 0.1) is 13.8 Å². The number of carbonyl (C=O) groups excluding carboxylic acids is 1. The second-order valence-corrected chi connectivity index (χ2v) is 8.54. The number of aryl methyl sites for hydroxylation is 2. The Labute approximate surface area is 160 Å². The molecule has 0 aliphatic carbocycles. The van der Waals surface area contributed by atoms with E-state index in [0.717, 1.165) is 21.7 Å². The van der Waals surface area contributed by atoms with Crippen molar-refractivity contribution in [2.45, 2.75) is 33.2 Å². The first-order chi connectivity index (χ1) is 12.1. The van der Waals surface area contributed by atoms with E-state index in [-0.39, 0.29) is 5.91 Å². The Morgan fingerprint density at radius 1 is 1.12 bits per heavy atom. The molecule has 0 saturated heterocycles. The first-order valence-electron chi connectivity index (χ1n) is 8.26. The quantitative estimate of drug-likeness (QED) is 0.800. The molecule has 0 bridgehead atoms. The van der Waals surface area contributed by atoms with E-state index in [9.17, 15) is 13.2 Å². The summed E-state index contributed by atoms with van der Waals surface area (Å²) >= 11 is 5.89. The summed E-state index contributed by atoms with van der Waals surface area (Å²) in [5, 5.41) is 3.32. The standard InChI is InChI=1S/C19H23ClN2O3S/c1-5-18(19(23)21-16-9-6-13(2)14(3)12-16)22(26(4,24)25)17-10-7-15(20)8-11-17/h6-12,18H,5H2,1-4H3,(H,21,23)/t18-/m0/s1. The molecule has 0 saturated carbocycles. The van der Waals surface area contributed by atoms with Gasteiger partial charge in [0.1, 0.15) is 6.04 Å². The largest absolute Gasteiger partial charge is 0.324 e. The third kappa shape index (κ3) is 4.77. The summed E-state index contributed by atoms with van der Waals surface area (Å²) in [5.41, 5.74) is 3.21. The van der Waals surface area contributed by atoms with Gasteiger partial charge in [-0.05, 0) is 67.8 Å². The highest BCUT2D eigenvalue weighted by atomic mass is 35.5. The molecule has 7 heteroatoms. The lowest BCUT2D eigenvalue weighted by atomic mass is 10.1. The minimum Gasteiger partial charge on any atom is -0.324 e. The molecular weight excluding hydrogens is 372 g/mol. The van der Waals surface area contributed by atoms with Crippen LogP contribution >= 0.6 is 11.6 Å². The molecule has 1 N–H and O–H groups in total. The highest BCUT2D eigenvalue weighted by molar-refractivity contribution is 7.92. The Bertz CT molecular complexity index is 896. The van der Waals surface area contributed by atoms with E-state index in [4.69, 9.17) is 11.6 Å². The number of hydrogen-bond donors (Lipinski definition) is 1. The molecular formula is C19H23ClN2O3S. The maximum absolute atomic E-state index is 12.8. The summed E-state index contributed by atoms with van der Waals surface area (Å²) < 4.78 is 25.9. The summed E-state index contributed by atoms with van der Waals surface area (Å²) in [7, 11) is -3.66. The van der Waals surface area contributed by atoms with Gasteiger partial charge in [-0.15, -0.1) is 0 Å². The SMILES string of the molecule is CC[C@@H](C(=O)Nc1ccc(C)c(C)c1)N(c1ccc(Cl)cc1)S(C)(=O)=O. The summed E-state index contributed by atoms with van der Waals surface area (Å²) in [6.45, 7) is 5.72. The van der Waals surface area contributed by atoms with E-state index < -0.39 is 16.1 Å². The van der Waals surface area contributed by atoms with Gasteiger partial charge in [0, 0.05) is 10.7 Å². The molecule has 0 aliphatic rings. The van der Waals surface area contributed by atoms with Gasteiger partial charge in [-0.2, -0.15) is 0 Å². The van der Waals surface area contributed by atoms with E-state index in [1.807, 2.05) is 26.0 Å². The zero-order valence-electron chi connectivity index (χ0n) is 15.3. The maximum atomic E-state index is 12.8. The molecule has 2 aromatic rings. The smallest absolute Gasteiger partial charge is 0.248 e. The van der Waals surface area contributed by atoms with Crippen LogP contribution in [-0.2, 0) is 14.8 Å². The molecule has 2 rings (SSSR count). The molecule has 5 nitrogen and oxygen atoms in total. The van der Waals surface area contributed by atoms with Gasteiger partial charge >= 0.3 is 0 Å². The average molecular weight is 395 g/mol. The van der Waals surface area contributed by atoms with Crippen LogP contribution in [0.4, 0.5) is 11.4 Å². The predicted molar refractivity (Wildman–Crippen MR) is 107 cm³/mol. The molecule has 0 fully saturated rings. The lowest BCUT2D eigenvalue weighted by molar-refractivity contribution is -0.117. The summed E-state index contributed by atoms with van der Waals surface area (Å²) in [4.78, 5) is 12.8. The molecule has 0 spiro atoms. The van der Waals surface area contributed by atoms with Crippen LogP contribution < -0.4 is 9.62 Å². The van der Waals surface area contributed by atoms with Crippen LogP contribution in [0.3, 0.4) is 0 Å². The van der Waals surface area contributed by atoms with Crippen molar-refractivity contribution >= 4 is 38.9 Å². The third-order valence-corrected chi connectivity index (χ3v) is 5.62. The van der Waals surface area contributed by atoms with Crippen LogP contribution in [0.15, 0.2) is 42.5 Å². The van der Waals surface area contributed by atoms with Crippen molar-refractivity contribution in [1.82, 2.24) is 0 Å². The minimum absolute atomic E-state index is 0.326. The predicted octanol–water partition coefficient (Wildman–Crippen LogP) is 4.14. The number of hydrogen-bond acceptors (Lipinski definition) is 3. The number of benzene rings is 2. The number of carbonyl (C=O) groups is 1. The Kier molecular flexibility index (Phi) is 6.31. The first kappa shape index (κ1) is 20.3. The molecule has 0 radical (unpaired) electrons. The molecule has 2 aromatic carbocycles. The number of anilines is 2. The number of nitrogens with one attached hydrogen (secondary N) is 1. The van der Waals surface area contributed by atoms with E-state index in [1.54, 1.807) is 37.3 Å². The number of halogens is 1. The molecule has 140 valence electrons. The highest BCUT2D eigenvalue weighted by Gasteiger charge is 2.31. The fourth-order valence-corrected chi connectivity index (χ4v) is 4.03. The Morgan fingerprint density at radius 3 is 2.23 bits per heavy atom. The Morgan fingerprint density at radius 2 is 1.73 bits per heavy atom. The fourth-order valence-electron chi connectivity index (χ4n) is 2.69. The van der Waals surface area contributed by atoms with Crippen LogP contribution in [0.1, 0.15) is 24.5 Å². The molecule has 26 heavy (non-hydrogen) atoms. The third-order valence-electron chi connectivity index (χ3n) is 4.19.